The van der Waals surface area contributed by atoms with Crippen molar-refractivity contribution in [2.24, 2.45) is 0 Å². The third-order valence-corrected chi connectivity index (χ3v) is 2.97. The first-order chi connectivity index (χ1) is 7.81. The molecule has 1 fully saturated rings. The maximum atomic E-state index is 11.4. The van der Waals surface area contributed by atoms with E-state index in [9.17, 15) is 4.79 Å². The van der Waals surface area contributed by atoms with Crippen molar-refractivity contribution in [3.8, 4) is 0 Å². The zero-order chi connectivity index (χ0) is 11.4. The van der Waals surface area contributed by atoms with Gasteiger partial charge in [0, 0.05) is 6.04 Å². The molecule has 0 atom stereocenters. The first kappa shape index (κ1) is 11.1. The number of ether oxygens (including phenoxy) is 1. The van der Waals surface area contributed by atoms with Gasteiger partial charge in [0.15, 0.2) is 0 Å². The molecule has 2 rings (SSSR count). The van der Waals surface area contributed by atoms with Crippen LogP contribution in [0.4, 0.5) is 0 Å². The van der Waals surface area contributed by atoms with Crippen LogP contribution in [0.1, 0.15) is 44.5 Å². The molecule has 1 aromatic rings. The lowest BCUT2D eigenvalue weighted by Gasteiger charge is -2.12. The van der Waals surface area contributed by atoms with Crippen LogP contribution in [0, 0.1) is 0 Å². The van der Waals surface area contributed by atoms with Crippen LogP contribution in [0.2, 0.25) is 0 Å². The van der Waals surface area contributed by atoms with Gasteiger partial charge in [0.2, 0.25) is 0 Å². The molecule has 1 aromatic heterocycles. The molecule has 0 unspecified atom stereocenters. The first-order valence-electron chi connectivity index (χ1n) is 5.85. The Bertz CT molecular complexity index is 356. The van der Waals surface area contributed by atoms with Gasteiger partial charge in [0.05, 0.1) is 6.61 Å². The molecule has 16 heavy (non-hydrogen) atoms. The number of rotatable bonds is 4. The fraction of sp³-hybridized carbons (Fsp3) is 0.727. The monoisotopic (exact) mass is 223 g/mol. The van der Waals surface area contributed by atoms with E-state index in [-0.39, 0.29) is 12.4 Å². The molecule has 1 saturated carbocycles. The summed E-state index contributed by atoms with van der Waals surface area (Å²) in [5.41, 5.74) is 0. The standard InChI is InChI=1S/C11H17N3O2/c1-2-16-11(15)7-10-13-12-8-14(10)9-5-3-4-6-9/h8-9H,2-7H2,1H3. The average Bonchev–Trinajstić information content (AvgIpc) is 2.86. The fourth-order valence-corrected chi connectivity index (χ4v) is 2.22. The maximum Gasteiger partial charge on any atom is 0.313 e. The molecular formula is C11H17N3O2. The van der Waals surface area contributed by atoms with Gasteiger partial charge >= 0.3 is 5.97 Å². The Kier molecular flexibility index (Phi) is 3.54. The van der Waals surface area contributed by atoms with Crippen molar-refractivity contribution >= 4 is 5.97 Å². The summed E-state index contributed by atoms with van der Waals surface area (Å²) in [4.78, 5) is 11.4. The second kappa shape index (κ2) is 5.09. The maximum absolute atomic E-state index is 11.4. The van der Waals surface area contributed by atoms with Crippen LogP contribution in [0.25, 0.3) is 0 Å². The highest BCUT2D eigenvalue weighted by atomic mass is 16.5. The van der Waals surface area contributed by atoms with E-state index in [1.54, 1.807) is 13.3 Å². The van der Waals surface area contributed by atoms with Crippen molar-refractivity contribution in [3.63, 3.8) is 0 Å². The molecule has 0 amide bonds. The van der Waals surface area contributed by atoms with Crippen LogP contribution in [0.15, 0.2) is 6.33 Å². The number of aromatic nitrogens is 3. The SMILES string of the molecule is CCOC(=O)Cc1nncn1C1CCCC1. The molecule has 0 radical (unpaired) electrons. The Morgan fingerprint density at radius 2 is 2.31 bits per heavy atom. The molecule has 5 heteroatoms. The average molecular weight is 223 g/mol. The summed E-state index contributed by atoms with van der Waals surface area (Å²) in [6.07, 6.45) is 6.78. The van der Waals surface area contributed by atoms with E-state index in [1.165, 1.54) is 12.8 Å². The van der Waals surface area contributed by atoms with Gasteiger partial charge in [0.1, 0.15) is 18.6 Å². The summed E-state index contributed by atoms with van der Waals surface area (Å²) < 4.78 is 6.94. The molecular weight excluding hydrogens is 206 g/mol. The summed E-state index contributed by atoms with van der Waals surface area (Å²) >= 11 is 0. The molecule has 0 aromatic carbocycles. The van der Waals surface area contributed by atoms with Crippen LogP contribution in [0.5, 0.6) is 0 Å². The van der Waals surface area contributed by atoms with E-state index >= 15 is 0 Å². The molecule has 88 valence electrons. The van der Waals surface area contributed by atoms with Crippen LogP contribution in [0.3, 0.4) is 0 Å². The Morgan fingerprint density at radius 1 is 1.56 bits per heavy atom. The lowest BCUT2D eigenvalue weighted by atomic mass is 10.2. The lowest BCUT2D eigenvalue weighted by molar-refractivity contribution is -0.142. The fourth-order valence-electron chi connectivity index (χ4n) is 2.22. The van der Waals surface area contributed by atoms with Gasteiger partial charge in [0.25, 0.3) is 0 Å². The van der Waals surface area contributed by atoms with E-state index in [1.807, 2.05) is 4.57 Å². The van der Waals surface area contributed by atoms with E-state index in [4.69, 9.17) is 4.74 Å². The molecule has 0 bridgehead atoms. The highest BCUT2D eigenvalue weighted by Gasteiger charge is 2.21. The molecule has 0 N–H and O–H groups in total. The topological polar surface area (TPSA) is 57.0 Å². The van der Waals surface area contributed by atoms with E-state index in [0.717, 1.165) is 18.7 Å². The number of hydrogen-bond acceptors (Lipinski definition) is 4. The quantitative estimate of drug-likeness (QED) is 0.726. The van der Waals surface area contributed by atoms with Gasteiger partial charge in [-0.1, -0.05) is 12.8 Å². The molecule has 0 spiro atoms. The third-order valence-electron chi connectivity index (χ3n) is 2.97. The summed E-state index contributed by atoms with van der Waals surface area (Å²) in [6, 6.07) is 0.472. The number of nitrogens with zero attached hydrogens (tertiary/aromatic N) is 3. The van der Waals surface area contributed by atoms with Gasteiger partial charge in [-0.2, -0.15) is 0 Å². The Labute approximate surface area is 94.8 Å². The zero-order valence-electron chi connectivity index (χ0n) is 9.56. The van der Waals surface area contributed by atoms with Crippen molar-refractivity contribution in [2.45, 2.75) is 45.1 Å². The van der Waals surface area contributed by atoms with E-state index < -0.39 is 0 Å². The van der Waals surface area contributed by atoms with E-state index in [2.05, 4.69) is 10.2 Å². The largest absolute Gasteiger partial charge is 0.466 e. The smallest absolute Gasteiger partial charge is 0.313 e. The number of esters is 1. The molecule has 1 aliphatic carbocycles. The van der Waals surface area contributed by atoms with Gasteiger partial charge < -0.3 is 9.30 Å². The van der Waals surface area contributed by atoms with Crippen LogP contribution >= 0.6 is 0 Å². The summed E-state index contributed by atoms with van der Waals surface area (Å²) in [5, 5.41) is 7.88. The van der Waals surface area contributed by atoms with Crippen LogP contribution < -0.4 is 0 Å². The second-order valence-electron chi connectivity index (χ2n) is 4.07. The van der Waals surface area contributed by atoms with Crippen molar-refractivity contribution in [1.82, 2.24) is 14.8 Å². The lowest BCUT2D eigenvalue weighted by Crippen LogP contribution is -2.14. The highest BCUT2D eigenvalue weighted by Crippen LogP contribution is 2.29. The predicted molar refractivity (Wildman–Crippen MR) is 57.9 cm³/mol. The second-order valence-corrected chi connectivity index (χ2v) is 4.07. The Hall–Kier alpha value is -1.39. The van der Waals surface area contributed by atoms with Gasteiger partial charge in [-0.05, 0) is 19.8 Å². The van der Waals surface area contributed by atoms with Crippen LogP contribution in [-0.4, -0.2) is 27.3 Å². The van der Waals surface area contributed by atoms with Crippen molar-refractivity contribution < 1.29 is 9.53 Å². The van der Waals surface area contributed by atoms with Crippen molar-refractivity contribution in [3.05, 3.63) is 12.2 Å². The minimum atomic E-state index is -0.227. The summed E-state index contributed by atoms with van der Waals surface area (Å²) in [5.74, 6) is 0.500. The van der Waals surface area contributed by atoms with Crippen molar-refractivity contribution in [1.29, 1.82) is 0 Å². The number of carbonyl (C=O) groups excluding carboxylic acids is 1. The third kappa shape index (κ3) is 2.40. The zero-order valence-corrected chi connectivity index (χ0v) is 9.56. The van der Waals surface area contributed by atoms with Crippen molar-refractivity contribution in [2.75, 3.05) is 6.61 Å². The highest BCUT2D eigenvalue weighted by molar-refractivity contribution is 5.71. The summed E-state index contributed by atoms with van der Waals surface area (Å²) in [7, 11) is 0. The summed E-state index contributed by atoms with van der Waals surface area (Å²) in [6.45, 7) is 2.22. The molecule has 1 aliphatic rings. The number of carbonyl (C=O) groups is 1. The van der Waals surface area contributed by atoms with Gasteiger partial charge in [-0.25, -0.2) is 0 Å². The molecule has 1 heterocycles. The van der Waals surface area contributed by atoms with Gasteiger partial charge in [-0.15, -0.1) is 10.2 Å². The minimum absolute atomic E-state index is 0.227. The predicted octanol–water partition coefficient (Wildman–Crippen LogP) is 1.50. The molecule has 0 saturated heterocycles. The number of hydrogen-bond donors (Lipinski definition) is 0. The Morgan fingerprint density at radius 3 is 3.00 bits per heavy atom. The first-order valence-corrected chi connectivity index (χ1v) is 5.85. The van der Waals surface area contributed by atoms with Gasteiger partial charge in [-0.3, -0.25) is 4.79 Å². The normalized spacial score (nSPS) is 16.6. The Balaban J connectivity index is 2.03. The van der Waals surface area contributed by atoms with Crippen LogP contribution in [-0.2, 0) is 16.0 Å². The minimum Gasteiger partial charge on any atom is -0.466 e. The molecule has 0 aliphatic heterocycles. The van der Waals surface area contributed by atoms with E-state index in [0.29, 0.717) is 12.6 Å². The molecule has 5 nitrogen and oxygen atoms in total.